The first-order chi connectivity index (χ1) is 3.93. The molecule has 0 amide bonds. The van der Waals surface area contributed by atoms with Crippen LogP contribution in [0.3, 0.4) is 0 Å². The second-order valence-electron chi connectivity index (χ2n) is 1.34. The molecule has 1 aromatic heterocycles. The molecule has 0 aliphatic carbocycles. The van der Waals surface area contributed by atoms with E-state index in [-0.39, 0.29) is 0 Å². The van der Waals surface area contributed by atoms with Gasteiger partial charge in [0, 0.05) is 12.1 Å². The van der Waals surface area contributed by atoms with Crippen LogP contribution in [0.2, 0.25) is 0 Å². The molecule has 0 saturated heterocycles. The van der Waals surface area contributed by atoms with Gasteiger partial charge in [-0.05, 0) is 0 Å². The molecule has 0 fully saturated rings. The van der Waals surface area contributed by atoms with Crippen molar-refractivity contribution in [1.82, 2.24) is 0 Å². The molecule has 1 aromatic rings. The molecule has 1 rings (SSSR count). The Morgan fingerprint density at radius 1 is 1.12 bits per heavy atom. The van der Waals surface area contributed by atoms with Crippen molar-refractivity contribution in [2.24, 2.45) is 5.14 Å². The van der Waals surface area contributed by atoms with Crippen LogP contribution in [0.25, 0.3) is 0 Å². The monoisotopic (exact) mass is 127 g/mol. The Hall–Kier alpha value is -0.540. The molecule has 42 valence electrons. The van der Waals surface area contributed by atoms with E-state index in [1.165, 1.54) is 12.1 Å². The van der Waals surface area contributed by atoms with Gasteiger partial charge in [-0.2, -0.15) is 0 Å². The van der Waals surface area contributed by atoms with Crippen LogP contribution in [0.4, 0.5) is 0 Å². The van der Waals surface area contributed by atoms with Crippen LogP contribution in [-0.4, -0.2) is 0 Å². The number of aromatic nitrogens is 1. The minimum Gasteiger partial charge on any atom is -0.218 e. The van der Waals surface area contributed by atoms with Gasteiger partial charge in [0.25, 0.3) is 12.1 Å². The summed E-state index contributed by atoms with van der Waals surface area (Å²) in [5.74, 6) is 0. The normalized spacial score (nSPS) is 9.12. The van der Waals surface area contributed by atoms with Crippen LogP contribution in [0.5, 0.6) is 0 Å². The molecule has 3 heteroatoms. The van der Waals surface area contributed by atoms with E-state index >= 15 is 0 Å². The highest BCUT2D eigenvalue weighted by Gasteiger charge is 1.90. The van der Waals surface area contributed by atoms with Gasteiger partial charge in [-0.25, -0.2) is 5.14 Å². The summed E-state index contributed by atoms with van der Waals surface area (Å²) < 4.78 is 1.82. The van der Waals surface area contributed by atoms with E-state index in [2.05, 4.69) is 0 Å². The maximum Gasteiger partial charge on any atom is 0.256 e. The van der Waals surface area contributed by atoms with Crippen LogP contribution in [-0.2, 0) is 0 Å². The van der Waals surface area contributed by atoms with Crippen molar-refractivity contribution in [2.75, 3.05) is 0 Å². The summed E-state index contributed by atoms with van der Waals surface area (Å²) in [7, 11) is 0. The summed E-state index contributed by atoms with van der Waals surface area (Å²) in [6.45, 7) is 0. The Kier molecular flexibility index (Phi) is 1.88. The predicted molar refractivity (Wildman–Crippen MR) is 33.8 cm³/mol. The van der Waals surface area contributed by atoms with Gasteiger partial charge in [0.2, 0.25) is 0 Å². The highest BCUT2D eigenvalue weighted by atomic mass is 32.2. The molecule has 8 heavy (non-hydrogen) atoms. The zero-order chi connectivity index (χ0) is 5.82. The highest BCUT2D eigenvalue weighted by Crippen LogP contribution is 1.79. The maximum absolute atomic E-state index is 5.23. The van der Waals surface area contributed by atoms with E-state index in [0.29, 0.717) is 0 Å². The topological polar surface area (TPSA) is 29.9 Å². The molecule has 1 heterocycles. The van der Waals surface area contributed by atoms with E-state index in [1.807, 2.05) is 34.6 Å². The quantitative estimate of drug-likeness (QED) is 0.435. The minimum absolute atomic E-state index is 1.19. The Bertz CT molecular complexity index is 152. The van der Waals surface area contributed by atoms with Crippen LogP contribution in [0.1, 0.15) is 0 Å². The Balaban J connectivity index is 2.83. The zero-order valence-corrected chi connectivity index (χ0v) is 5.14. The van der Waals surface area contributed by atoms with Gasteiger partial charge in [0.1, 0.15) is 0 Å². The average Bonchev–Trinajstić information content (AvgIpc) is 1.90. The van der Waals surface area contributed by atoms with Crippen molar-refractivity contribution in [3.8, 4) is 0 Å². The number of hydrogen-bond donors (Lipinski definition) is 1. The number of hydrogen-bond acceptors (Lipinski definition) is 2. The predicted octanol–water partition coefficient (Wildman–Crippen LogP) is 0.344. The Morgan fingerprint density at radius 2 is 1.75 bits per heavy atom. The van der Waals surface area contributed by atoms with Crippen molar-refractivity contribution in [1.29, 1.82) is 0 Å². The van der Waals surface area contributed by atoms with Gasteiger partial charge in [0.05, 0.1) is 0 Å². The summed E-state index contributed by atoms with van der Waals surface area (Å²) in [6.07, 6.45) is 3.79. The first-order valence-electron chi connectivity index (χ1n) is 2.27. The van der Waals surface area contributed by atoms with E-state index < -0.39 is 0 Å². The summed E-state index contributed by atoms with van der Waals surface area (Å²) in [5.41, 5.74) is 0. The van der Waals surface area contributed by atoms with Crippen molar-refractivity contribution >= 4 is 12.1 Å². The van der Waals surface area contributed by atoms with E-state index in [1.54, 1.807) is 0 Å². The van der Waals surface area contributed by atoms with Gasteiger partial charge in [0.15, 0.2) is 12.4 Å². The van der Waals surface area contributed by atoms with Crippen molar-refractivity contribution in [3.63, 3.8) is 0 Å². The fraction of sp³-hybridized carbons (Fsp3) is 0. The third kappa shape index (κ3) is 1.21. The molecule has 0 unspecified atom stereocenters. The van der Waals surface area contributed by atoms with Crippen LogP contribution in [0, 0.1) is 0 Å². The van der Waals surface area contributed by atoms with E-state index in [0.717, 1.165) is 0 Å². The largest absolute Gasteiger partial charge is 0.256 e. The SMILES string of the molecule is NS[n+]1ccccc1. The molecular weight excluding hydrogens is 120 g/mol. The molecule has 0 atom stereocenters. The lowest BCUT2D eigenvalue weighted by molar-refractivity contribution is -0.494. The first-order valence-corrected chi connectivity index (χ1v) is 3.10. The third-order valence-corrected chi connectivity index (χ3v) is 1.30. The summed E-state index contributed by atoms with van der Waals surface area (Å²) >= 11 is 1.19. The van der Waals surface area contributed by atoms with Crippen molar-refractivity contribution in [2.45, 2.75) is 0 Å². The second kappa shape index (κ2) is 2.69. The Morgan fingerprint density at radius 3 is 2.12 bits per heavy atom. The molecule has 2 N–H and O–H groups in total. The second-order valence-corrected chi connectivity index (χ2v) is 1.97. The van der Waals surface area contributed by atoms with Crippen LogP contribution >= 0.6 is 12.1 Å². The molecule has 0 aromatic carbocycles. The summed E-state index contributed by atoms with van der Waals surface area (Å²) in [6, 6.07) is 5.81. The number of nitrogens with two attached hydrogens (primary N) is 1. The smallest absolute Gasteiger partial charge is 0.218 e. The molecule has 0 aliphatic rings. The average molecular weight is 127 g/mol. The van der Waals surface area contributed by atoms with Gasteiger partial charge in [-0.1, -0.05) is 6.07 Å². The first kappa shape index (κ1) is 5.59. The highest BCUT2D eigenvalue weighted by molar-refractivity contribution is 7.90. The molecule has 0 radical (unpaired) electrons. The zero-order valence-electron chi connectivity index (χ0n) is 4.32. The number of rotatable bonds is 1. The van der Waals surface area contributed by atoms with Gasteiger partial charge < -0.3 is 0 Å². The van der Waals surface area contributed by atoms with Crippen molar-refractivity contribution in [3.05, 3.63) is 30.6 Å². The molecule has 0 spiro atoms. The van der Waals surface area contributed by atoms with Gasteiger partial charge in [-0.3, -0.25) is 0 Å². The van der Waals surface area contributed by atoms with Crippen LogP contribution < -0.4 is 9.11 Å². The van der Waals surface area contributed by atoms with Gasteiger partial charge >= 0.3 is 0 Å². The standard InChI is InChI=1S/C5H7N2S/c6-8-7-4-2-1-3-5-7/h1-5H,6H2/q+1. The molecule has 0 saturated carbocycles. The molecule has 0 aliphatic heterocycles. The molecule has 2 nitrogen and oxygen atoms in total. The maximum atomic E-state index is 5.23. The van der Waals surface area contributed by atoms with Crippen molar-refractivity contribution < 1.29 is 3.97 Å². The fourth-order valence-electron chi connectivity index (χ4n) is 0.453. The number of nitrogens with zero attached hydrogens (tertiary/aromatic N) is 1. The summed E-state index contributed by atoms with van der Waals surface area (Å²) in [5, 5.41) is 5.23. The van der Waals surface area contributed by atoms with Crippen LogP contribution in [0.15, 0.2) is 30.6 Å². The van der Waals surface area contributed by atoms with E-state index in [9.17, 15) is 0 Å². The fourth-order valence-corrected chi connectivity index (χ4v) is 0.734. The Labute approximate surface area is 52.6 Å². The lowest BCUT2D eigenvalue weighted by Gasteiger charge is -1.80. The lowest BCUT2D eigenvalue weighted by atomic mass is 10.5. The van der Waals surface area contributed by atoms with Gasteiger partial charge in [-0.15, -0.1) is 3.97 Å². The molecular formula is C5H7N2S+. The minimum atomic E-state index is 1.19. The van der Waals surface area contributed by atoms with E-state index in [4.69, 9.17) is 5.14 Å². The number of pyridine rings is 1. The molecule has 0 bridgehead atoms. The lowest BCUT2D eigenvalue weighted by Crippen LogP contribution is -2.25. The third-order valence-electron chi connectivity index (χ3n) is 0.810. The summed E-state index contributed by atoms with van der Waals surface area (Å²) in [4.78, 5) is 0.